The van der Waals surface area contributed by atoms with Crippen LogP contribution in [0.1, 0.15) is 44.3 Å². The van der Waals surface area contributed by atoms with Gasteiger partial charge in [-0.15, -0.1) is 0 Å². The molecule has 90 valence electrons. The molecule has 1 aliphatic rings. The summed E-state index contributed by atoms with van der Waals surface area (Å²) in [4.78, 5) is 0. The van der Waals surface area contributed by atoms with Crippen LogP contribution in [0, 0.1) is 5.92 Å². The van der Waals surface area contributed by atoms with Crippen molar-refractivity contribution in [2.24, 2.45) is 5.92 Å². The van der Waals surface area contributed by atoms with E-state index in [-0.39, 0.29) is 0 Å². The molecule has 0 bridgehead atoms. The largest absolute Gasteiger partial charge is 0.472 e. The Hall–Kier alpha value is -0.800. The van der Waals surface area contributed by atoms with Gasteiger partial charge >= 0.3 is 0 Å². The summed E-state index contributed by atoms with van der Waals surface area (Å²) in [5.74, 6) is 0.607. The molecular weight excluding hydrogens is 204 g/mol. The first-order valence-electron chi connectivity index (χ1n) is 5.93. The first-order valence-corrected chi connectivity index (χ1v) is 5.93. The Morgan fingerprint density at radius 1 is 1.62 bits per heavy atom. The van der Waals surface area contributed by atoms with Gasteiger partial charge in [-0.2, -0.15) is 0 Å². The van der Waals surface area contributed by atoms with Crippen LogP contribution in [0.2, 0.25) is 0 Å². The molecule has 1 aliphatic carbocycles. The highest BCUT2D eigenvalue weighted by Crippen LogP contribution is 2.43. The van der Waals surface area contributed by atoms with Crippen molar-refractivity contribution in [3.05, 3.63) is 24.2 Å². The Morgan fingerprint density at radius 2 is 2.44 bits per heavy atom. The van der Waals surface area contributed by atoms with Crippen LogP contribution in [0.4, 0.5) is 0 Å². The molecule has 3 nitrogen and oxygen atoms in total. The minimum absolute atomic E-state index is 0.429. The van der Waals surface area contributed by atoms with Crippen LogP contribution in [0.25, 0.3) is 0 Å². The van der Waals surface area contributed by atoms with E-state index in [0.29, 0.717) is 5.92 Å². The fourth-order valence-electron chi connectivity index (χ4n) is 2.82. The molecule has 1 saturated carbocycles. The fourth-order valence-corrected chi connectivity index (χ4v) is 2.82. The third-order valence-electron chi connectivity index (χ3n) is 3.75. The van der Waals surface area contributed by atoms with E-state index >= 15 is 0 Å². The zero-order valence-corrected chi connectivity index (χ0v) is 9.98. The number of furan rings is 1. The highest BCUT2D eigenvalue weighted by atomic mass is 16.5. The third-order valence-corrected chi connectivity index (χ3v) is 3.75. The maximum atomic E-state index is 10.4. The van der Waals surface area contributed by atoms with Crippen LogP contribution in [-0.2, 0) is 4.74 Å². The van der Waals surface area contributed by atoms with Crippen LogP contribution in [0.3, 0.4) is 0 Å². The van der Waals surface area contributed by atoms with Crippen molar-refractivity contribution in [1.29, 1.82) is 0 Å². The molecule has 1 heterocycles. The average molecular weight is 224 g/mol. The van der Waals surface area contributed by atoms with Gasteiger partial charge in [-0.25, -0.2) is 0 Å². The van der Waals surface area contributed by atoms with Crippen molar-refractivity contribution in [2.75, 3.05) is 7.11 Å². The number of aliphatic hydroxyl groups is 1. The second kappa shape index (κ2) is 4.60. The second-order valence-electron chi connectivity index (χ2n) is 4.93. The lowest BCUT2D eigenvalue weighted by molar-refractivity contribution is -0.134. The zero-order valence-electron chi connectivity index (χ0n) is 9.98. The van der Waals surface area contributed by atoms with E-state index in [1.54, 1.807) is 19.6 Å². The molecule has 1 aromatic heterocycles. The Labute approximate surface area is 96.4 Å². The number of methoxy groups -OCH3 is 1. The van der Waals surface area contributed by atoms with Crippen molar-refractivity contribution in [2.45, 2.75) is 44.3 Å². The van der Waals surface area contributed by atoms with Gasteiger partial charge < -0.3 is 14.3 Å². The van der Waals surface area contributed by atoms with Crippen LogP contribution < -0.4 is 0 Å². The molecule has 0 saturated heterocycles. The maximum Gasteiger partial charge on any atom is 0.111 e. The molecule has 3 heteroatoms. The molecule has 1 fully saturated rings. The van der Waals surface area contributed by atoms with E-state index in [1.807, 2.05) is 6.07 Å². The molecule has 0 radical (unpaired) electrons. The van der Waals surface area contributed by atoms with Crippen molar-refractivity contribution >= 4 is 0 Å². The minimum atomic E-state index is -0.584. The maximum absolute atomic E-state index is 10.4. The third kappa shape index (κ3) is 2.02. The monoisotopic (exact) mass is 224 g/mol. The highest BCUT2D eigenvalue weighted by Gasteiger charge is 2.42. The smallest absolute Gasteiger partial charge is 0.111 e. The van der Waals surface area contributed by atoms with Crippen LogP contribution in [0.5, 0.6) is 0 Å². The number of aliphatic hydroxyl groups excluding tert-OH is 1. The molecular formula is C13H20O3. The standard InChI is InChI=1S/C13H20O3/c1-10-4-3-6-13(8-10,15-2)12(14)11-5-7-16-9-11/h5,7,9-10,12,14H,3-4,6,8H2,1-2H3. The predicted molar refractivity (Wildman–Crippen MR) is 61.0 cm³/mol. The van der Waals surface area contributed by atoms with Crippen molar-refractivity contribution in [3.8, 4) is 0 Å². The van der Waals surface area contributed by atoms with Gasteiger partial charge in [-0.05, 0) is 24.8 Å². The molecule has 0 aromatic carbocycles. The molecule has 0 amide bonds. The van der Waals surface area contributed by atoms with Crippen molar-refractivity contribution in [1.82, 2.24) is 0 Å². The minimum Gasteiger partial charge on any atom is -0.472 e. The van der Waals surface area contributed by atoms with Gasteiger partial charge in [-0.1, -0.05) is 19.8 Å². The van der Waals surface area contributed by atoms with Crippen LogP contribution in [0.15, 0.2) is 23.0 Å². The summed E-state index contributed by atoms with van der Waals surface area (Å²) in [6.45, 7) is 2.22. The summed E-state index contributed by atoms with van der Waals surface area (Å²) in [6, 6.07) is 1.81. The van der Waals surface area contributed by atoms with Gasteiger partial charge in [-0.3, -0.25) is 0 Å². The molecule has 3 unspecified atom stereocenters. The molecule has 3 atom stereocenters. The van der Waals surface area contributed by atoms with Crippen LogP contribution in [-0.4, -0.2) is 17.8 Å². The SMILES string of the molecule is COC1(C(O)c2ccoc2)CCCC(C)C1. The summed E-state index contributed by atoms with van der Waals surface area (Å²) in [7, 11) is 1.70. The Morgan fingerprint density at radius 3 is 3.00 bits per heavy atom. The summed E-state index contributed by atoms with van der Waals surface area (Å²) in [6.07, 6.45) is 6.78. The Balaban J connectivity index is 2.20. The van der Waals surface area contributed by atoms with E-state index in [0.717, 1.165) is 24.8 Å². The van der Waals surface area contributed by atoms with E-state index in [9.17, 15) is 5.11 Å². The van der Waals surface area contributed by atoms with Gasteiger partial charge in [0.05, 0.1) is 18.1 Å². The van der Waals surface area contributed by atoms with Gasteiger partial charge in [0.15, 0.2) is 0 Å². The van der Waals surface area contributed by atoms with E-state index < -0.39 is 11.7 Å². The molecule has 1 N–H and O–H groups in total. The first kappa shape index (κ1) is 11.7. The average Bonchev–Trinajstić information content (AvgIpc) is 2.81. The molecule has 1 aromatic rings. The highest BCUT2D eigenvalue weighted by molar-refractivity contribution is 5.15. The molecule has 16 heavy (non-hydrogen) atoms. The number of ether oxygens (including phenoxy) is 1. The quantitative estimate of drug-likeness (QED) is 0.858. The molecule has 0 aliphatic heterocycles. The summed E-state index contributed by atoms with van der Waals surface area (Å²) in [5.41, 5.74) is 0.387. The normalized spacial score (nSPS) is 32.6. The van der Waals surface area contributed by atoms with Gasteiger partial charge in [0.2, 0.25) is 0 Å². The first-order chi connectivity index (χ1) is 7.68. The van der Waals surface area contributed by atoms with Gasteiger partial charge in [0.1, 0.15) is 6.10 Å². The second-order valence-corrected chi connectivity index (χ2v) is 4.93. The molecule has 2 rings (SSSR count). The lowest BCUT2D eigenvalue weighted by Gasteiger charge is -2.42. The lowest BCUT2D eigenvalue weighted by Crippen LogP contribution is -2.42. The summed E-state index contributed by atoms with van der Waals surface area (Å²) in [5, 5.41) is 10.4. The molecule has 0 spiro atoms. The van der Waals surface area contributed by atoms with Crippen molar-refractivity contribution in [3.63, 3.8) is 0 Å². The van der Waals surface area contributed by atoms with Gasteiger partial charge in [0, 0.05) is 12.7 Å². The zero-order chi connectivity index (χ0) is 11.6. The van der Waals surface area contributed by atoms with Gasteiger partial charge in [0.25, 0.3) is 0 Å². The topological polar surface area (TPSA) is 42.6 Å². The predicted octanol–water partition coefficient (Wildman–Crippen LogP) is 2.91. The number of hydrogen-bond acceptors (Lipinski definition) is 3. The lowest BCUT2D eigenvalue weighted by atomic mass is 9.74. The van der Waals surface area contributed by atoms with E-state index in [4.69, 9.17) is 9.15 Å². The number of hydrogen-bond donors (Lipinski definition) is 1. The fraction of sp³-hybridized carbons (Fsp3) is 0.692. The van der Waals surface area contributed by atoms with E-state index in [2.05, 4.69) is 6.92 Å². The summed E-state index contributed by atoms with van der Waals surface area (Å²) < 4.78 is 10.7. The van der Waals surface area contributed by atoms with Crippen molar-refractivity contribution < 1.29 is 14.3 Å². The summed E-state index contributed by atoms with van der Waals surface area (Å²) >= 11 is 0. The van der Waals surface area contributed by atoms with Crippen LogP contribution >= 0.6 is 0 Å². The Bertz CT molecular complexity index is 320. The van der Waals surface area contributed by atoms with E-state index in [1.165, 1.54) is 6.42 Å². The number of rotatable bonds is 3. The Kier molecular flexibility index (Phi) is 3.36.